The summed E-state index contributed by atoms with van der Waals surface area (Å²) in [5, 5.41) is 5.39. The summed E-state index contributed by atoms with van der Waals surface area (Å²) in [4.78, 5) is 31.1. The van der Waals surface area contributed by atoms with Crippen LogP contribution in [0.15, 0.2) is 42.6 Å². The number of halogens is 3. The number of anilines is 1. The quantitative estimate of drug-likeness (QED) is 0.544. The Labute approximate surface area is 185 Å². The summed E-state index contributed by atoms with van der Waals surface area (Å²) in [6.45, 7) is 4.22. The zero-order chi connectivity index (χ0) is 23.9. The van der Waals surface area contributed by atoms with Crippen LogP contribution in [0.5, 0.6) is 0 Å². The number of nitrogens with two attached hydrogens (primary N) is 1. The third kappa shape index (κ3) is 6.94. The monoisotopic (exact) mass is 451 g/mol. The maximum absolute atomic E-state index is 13.2. The summed E-state index contributed by atoms with van der Waals surface area (Å²) in [7, 11) is 1.78. The van der Waals surface area contributed by atoms with Crippen molar-refractivity contribution in [1.82, 2.24) is 20.5 Å². The molecule has 0 spiro atoms. The molecular weight excluding hydrogens is 423 g/mol. The second-order valence-electron chi connectivity index (χ2n) is 7.48. The Hall–Kier alpha value is -3.14. The molecular formula is C22H28F3N5O2. The normalized spacial score (nSPS) is 13.5. The number of nitrogens with zero attached hydrogens (tertiary/aromatic N) is 2. The number of alkyl halides is 3. The molecule has 4 N–H and O–H groups in total. The van der Waals surface area contributed by atoms with Gasteiger partial charge in [0.2, 0.25) is 11.8 Å². The first-order chi connectivity index (χ1) is 15.0. The number of nitrogen functional groups attached to an aromatic ring is 1. The van der Waals surface area contributed by atoms with Crippen LogP contribution >= 0.6 is 0 Å². The van der Waals surface area contributed by atoms with Gasteiger partial charge in [-0.1, -0.05) is 31.2 Å². The predicted octanol–water partition coefficient (Wildman–Crippen LogP) is 2.54. The number of likely N-dealkylation sites (N-methyl/N-ethyl adjacent to an activating group) is 1. The Morgan fingerprint density at radius 3 is 2.47 bits per heavy atom. The number of nitrogens with one attached hydrogen (secondary N) is 2. The standard InChI is InChI=1S/C22H28F3N5O2/c1-4-30(3)14(2)20(31)29-13-18(16-6-5-7-17(10-16)22(23,24)25)21(32)28-12-15-8-9-19(26)27-11-15/h5-11,14,18H,4,12-13H2,1-3H3,(H2,26,27)(H,28,32)(H,29,31)/t14-,18-/m0/s1. The van der Waals surface area contributed by atoms with Crippen LogP contribution in [0, 0.1) is 0 Å². The lowest BCUT2D eigenvalue weighted by Gasteiger charge is -2.24. The lowest BCUT2D eigenvalue weighted by molar-refractivity contribution is -0.137. The number of hydrogen-bond donors (Lipinski definition) is 3. The van der Waals surface area contributed by atoms with Crippen molar-refractivity contribution in [2.75, 3.05) is 25.9 Å². The van der Waals surface area contributed by atoms with E-state index in [9.17, 15) is 22.8 Å². The molecule has 0 aliphatic heterocycles. The number of carbonyl (C=O) groups excluding carboxylic acids is 2. The molecule has 2 aromatic rings. The Balaban J connectivity index is 2.21. The van der Waals surface area contributed by atoms with Gasteiger partial charge in [0, 0.05) is 19.3 Å². The highest BCUT2D eigenvalue weighted by molar-refractivity contribution is 5.86. The molecule has 0 saturated carbocycles. The van der Waals surface area contributed by atoms with E-state index in [0.29, 0.717) is 17.9 Å². The van der Waals surface area contributed by atoms with Crippen molar-refractivity contribution in [2.24, 2.45) is 0 Å². The van der Waals surface area contributed by atoms with E-state index in [1.807, 2.05) is 11.8 Å². The van der Waals surface area contributed by atoms with Gasteiger partial charge in [0.25, 0.3) is 0 Å². The Morgan fingerprint density at radius 2 is 1.88 bits per heavy atom. The topological polar surface area (TPSA) is 100 Å². The van der Waals surface area contributed by atoms with Crippen LogP contribution in [0.25, 0.3) is 0 Å². The zero-order valence-electron chi connectivity index (χ0n) is 18.2. The SMILES string of the molecule is CCN(C)[C@@H](C)C(=O)NC[C@H](C(=O)NCc1ccc(N)nc1)c1cccc(C(F)(F)F)c1. The van der Waals surface area contributed by atoms with Crippen molar-refractivity contribution < 1.29 is 22.8 Å². The van der Waals surface area contributed by atoms with E-state index in [4.69, 9.17) is 5.73 Å². The van der Waals surface area contributed by atoms with Gasteiger partial charge >= 0.3 is 6.18 Å². The number of carbonyl (C=O) groups is 2. The van der Waals surface area contributed by atoms with E-state index >= 15 is 0 Å². The lowest BCUT2D eigenvalue weighted by atomic mass is 9.95. The fourth-order valence-electron chi connectivity index (χ4n) is 2.97. The zero-order valence-corrected chi connectivity index (χ0v) is 18.2. The van der Waals surface area contributed by atoms with Gasteiger partial charge < -0.3 is 16.4 Å². The minimum atomic E-state index is -4.55. The van der Waals surface area contributed by atoms with Crippen molar-refractivity contribution in [3.05, 3.63) is 59.3 Å². The Kier molecular flexibility index (Phi) is 8.59. The molecule has 174 valence electrons. The molecule has 1 aromatic carbocycles. The van der Waals surface area contributed by atoms with E-state index in [1.165, 1.54) is 18.3 Å². The Bertz CT molecular complexity index is 919. The van der Waals surface area contributed by atoms with Gasteiger partial charge in [0.1, 0.15) is 5.82 Å². The number of aromatic nitrogens is 1. The van der Waals surface area contributed by atoms with Crippen molar-refractivity contribution in [3.63, 3.8) is 0 Å². The molecule has 10 heteroatoms. The van der Waals surface area contributed by atoms with Crippen LogP contribution in [0.2, 0.25) is 0 Å². The Morgan fingerprint density at radius 1 is 1.16 bits per heavy atom. The van der Waals surface area contributed by atoms with Crippen LogP contribution < -0.4 is 16.4 Å². The van der Waals surface area contributed by atoms with Gasteiger partial charge in [-0.3, -0.25) is 14.5 Å². The average Bonchev–Trinajstić information content (AvgIpc) is 2.77. The fourth-order valence-corrected chi connectivity index (χ4v) is 2.97. The second kappa shape index (κ2) is 10.9. The molecule has 0 aliphatic carbocycles. The number of rotatable bonds is 9. The second-order valence-corrected chi connectivity index (χ2v) is 7.48. The molecule has 0 saturated heterocycles. The highest BCUT2D eigenvalue weighted by Crippen LogP contribution is 2.31. The minimum Gasteiger partial charge on any atom is -0.384 e. The van der Waals surface area contributed by atoms with Gasteiger partial charge in [0.15, 0.2) is 0 Å². The molecule has 1 aromatic heterocycles. The first kappa shape index (κ1) is 25.1. The first-order valence-corrected chi connectivity index (χ1v) is 10.2. The van der Waals surface area contributed by atoms with Gasteiger partial charge in [-0.2, -0.15) is 13.2 Å². The van der Waals surface area contributed by atoms with E-state index in [1.54, 1.807) is 26.1 Å². The number of hydrogen-bond acceptors (Lipinski definition) is 5. The fraction of sp³-hybridized carbons (Fsp3) is 0.409. The summed E-state index contributed by atoms with van der Waals surface area (Å²) in [5.41, 5.74) is 5.52. The molecule has 0 aliphatic rings. The minimum absolute atomic E-state index is 0.116. The van der Waals surface area contributed by atoms with Crippen LogP contribution in [0.3, 0.4) is 0 Å². The summed E-state index contributed by atoms with van der Waals surface area (Å²) < 4.78 is 39.6. The summed E-state index contributed by atoms with van der Waals surface area (Å²) in [5.74, 6) is -1.52. The molecule has 0 radical (unpaired) electrons. The van der Waals surface area contributed by atoms with E-state index < -0.39 is 29.6 Å². The molecule has 1 heterocycles. The molecule has 32 heavy (non-hydrogen) atoms. The smallest absolute Gasteiger partial charge is 0.384 e. The number of benzene rings is 1. The summed E-state index contributed by atoms with van der Waals surface area (Å²) >= 11 is 0. The largest absolute Gasteiger partial charge is 0.416 e. The van der Waals surface area contributed by atoms with E-state index in [0.717, 1.165) is 12.1 Å². The highest BCUT2D eigenvalue weighted by Gasteiger charge is 2.32. The highest BCUT2D eigenvalue weighted by atomic mass is 19.4. The average molecular weight is 451 g/mol. The maximum Gasteiger partial charge on any atom is 0.416 e. The van der Waals surface area contributed by atoms with Gasteiger partial charge in [-0.15, -0.1) is 0 Å². The molecule has 0 unspecified atom stereocenters. The molecule has 0 fully saturated rings. The number of amides is 2. The van der Waals surface area contributed by atoms with Crippen LogP contribution in [0.4, 0.5) is 19.0 Å². The molecule has 7 nitrogen and oxygen atoms in total. The molecule has 2 atom stereocenters. The molecule has 0 bridgehead atoms. The van der Waals surface area contributed by atoms with Crippen molar-refractivity contribution >= 4 is 17.6 Å². The van der Waals surface area contributed by atoms with Crippen LogP contribution in [0.1, 0.15) is 36.5 Å². The lowest BCUT2D eigenvalue weighted by Crippen LogP contribution is -2.45. The van der Waals surface area contributed by atoms with Crippen LogP contribution in [-0.4, -0.2) is 47.9 Å². The van der Waals surface area contributed by atoms with Gasteiger partial charge in [-0.05, 0) is 43.8 Å². The van der Waals surface area contributed by atoms with Crippen molar-refractivity contribution in [2.45, 2.75) is 38.5 Å². The van der Waals surface area contributed by atoms with Crippen molar-refractivity contribution in [1.29, 1.82) is 0 Å². The third-order valence-electron chi connectivity index (χ3n) is 5.27. The third-order valence-corrected chi connectivity index (χ3v) is 5.27. The summed E-state index contributed by atoms with van der Waals surface area (Å²) in [6.07, 6.45) is -3.05. The van der Waals surface area contributed by atoms with Crippen molar-refractivity contribution in [3.8, 4) is 0 Å². The van der Waals surface area contributed by atoms with Gasteiger partial charge in [-0.25, -0.2) is 4.98 Å². The van der Waals surface area contributed by atoms with E-state index in [2.05, 4.69) is 15.6 Å². The van der Waals surface area contributed by atoms with Crippen LogP contribution in [-0.2, 0) is 22.3 Å². The first-order valence-electron chi connectivity index (χ1n) is 10.2. The van der Waals surface area contributed by atoms with Gasteiger partial charge in [0.05, 0.1) is 17.5 Å². The van der Waals surface area contributed by atoms with E-state index in [-0.39, 0.29) is 24.6 Å². The number of pyridine rings is 1. The summed E-state index contributed by atoms with van der Waals surface area (Å²) in [6, 6.07) is 7.38. The maximum atomic E-state index is 13.2. The molecule has 2 rings (SSSR count). The predicted molar refractivity (Wildman–Crippen MR) is 115 cm³/mol. The molecule has 2 amide bonds.